The molecule has 1 amide bonds. The third-order valence-corrected chi connectivity index (χ3v) is 6.39. The second kappa shape index (κ2) is 11.2. The van der Waals surface area contributed by atoms with E-state index in [4.69, 9.17) is 12.2 Å². The largest absolute Gasteiger partial charge is 0.332 e. The van der Waals surface area contributed by atoms with Crippen LogP contribution in [0.25, 0.3) is 0 Å². The Hall–Kier alpha value is -2.83. The molecule has 166 valence electrons. The Morgan fingerprint density at radius 2 is 1.47 bits per heavy atom. The molecule has 0 heterocycles. The fourth-order valence-electron chi connectivity index (χ4n) is 3.33. The molecule has 0 fully saturated rings. The molecular formula is C26H29N3OS2. The highest BCUT2D eigenvalue weighted by Crippen LogP contribution is 2.29. The number of thiocarbonyl (C=S) groups is 1. The number of benzene rings is 3. The average Bonchev–Trinajstić information content (AvgIpc) is 2.73. The minimum atomic E-state index is -0.191. The summed E-state index contributed by atoms with van der Waals surface area (Å²) in [7, 11) is 0. The molecule has 0 saturated carbocycles. The molecule has 0 spiro atoms. The van der Waals surface area contributed by atoms with E-state index in [9.17, 15) is 4.79 Å². The molecule has 0 aliphatic heterocycles. The van der Waals surface area contributed by atoms with Crippen LogP contribution < -0.4 is 16.0 Å². The first-order valence-corrected chi connectivity index (χ1v) is 11.9. The van der Waals surface area contributed by atoms with Crippen LogP contribution in [0.4, 0.5) is 17.1 Å². The molecule has 6 heteroatoms. The monoisotopic (exact) mass is 463 g/mol. The Morgan fingerprint density at radius 1 is 0.812 bits per heavy atom. The van der Waals surface area contributed by atoms with Gasteiger partial charge in [-0.1, -0.05) is 36.8 Å². The number of rotatable bonds is 7. The minimum absolute atomic E-state index is 0.0115. The lowest BCUT2D eigenvalue weighted by Crippen LogP contribution is -2.24. The Balaban J connectivity index is 1.62. The van der Waals surface area contributed by atoms with Gasteiger partial charge in [-0.3, -0.25) is 4.79 Å². The summed E-state index contributed by atoms with van der Waals surface area (Å²) in [5.74, 6) is 0.0115. The molecule has 1 unspecified atom stereocenters. The van der Waals surface area contributed by atoms with Crippen LogP contribution in [0.2, 0.25) is 0 Å². The van der Waals surface area contributed by atoms with E-state index in [1.54, 1.807) is 11.8 Å². The zero-order valence-corrected chi connectivity index (χ0v) is 20.5. The molecule has 1 atom stereocenters. The van der Waals surface area contributed by atoms with Crippen molar-refractivity contribution in [2.24, 2.45) is 0 Å². The molecule has 3 aromatic rings. The third-order valence-electron chi connectivity index (χ3n) is 4.83. The van der Waals surface area contributed by atoms with E-state index >= 15 is 0 Å². The van der Waals surface area contributed by atoms with E-state index in [1.165, 1.54) is 5.56 Å². The molecule has 32 heavy (non-hydrogen) atoms. The number of amides is 1. The second-order valence-corrected chi connectivity index (χ2v) is 9.54. The molecule has 3 N–H and O–H groups in total. The van der Waals surface area contributed by atoms with E-state index in [2.05, 4.69) is 28.9 Å². The lowest BCUT2D eigenvalue weighted by molar-refractivity contribution is -0.115. The van der Waals surface area contributed by atoms with Crippen molar-refractivity contribution in [2.45, 2.75) is 44.3 Å². The van der Waals surface area contributed by atoms with Crippen molar-refractivity contribution < 1.29 is 4.79 Å². The first kappa shape index (κ1) is 23.8. The first-order valence-electron chi connectivity index (χ1n) is 10.6. The highest BCUT2D eigenvalue weighted by atomic mass is 32.2. The van der Waals surface area contributed by atoms with E-state index in [-0.39, 0.29) is 11.2 Å². The Labute approximate surface area is 200 Å². The topological polar surface area (TPSA) is 53.2 Å². The molecule has 3 aromatic carbocycles. The molecule has 0 aliphatic rings. The summed E-state index contributed by atoms with van der Waals surface area (Å²) in [5.41, 5.74) is 6.13. The van der Waals surface area contributed by atoms with E-state index in [1.807, 2.05) is 81.4 Å². The SMILES string of the molecule is CCC(Sc1cccc(NC(=S)Nc2ccc(C)cc2)c1)C(=O)Nc1cc(C)cc(C)c1. The van der Waals surface area contributed by atoms with Gasteiger partial charge in [0, 0.05) is 22.0 Å². The lowest BCUT2D eigenvalue weighted by Gasteiger charge is -2.16. The maximum absolute atomic E-state index is 12.9. The Kier molecular flexibility index (Phi) is 8.31. The van der Waals surface area contributed by atoms with Crippen LogP contribution in [-0.4, -0.2) is 16.3 Å². The summed E-state index contributed by atoms with van der Waals surface area (Å²) in [5, 5.41) is 9.82. The van der Waals surface area contributed by atoms with Crippen LogP contribution in [0.15, 0.2) is 71.6 Å². The number of nitrogens with one attached hydrogen (secondary N) is 3. The van der Waals surface area contributed by atoms with Gasteiger partial charge < -0.3 is 16.0 Å². The number of anilines is 3. The van der Waals surface area contributed by atoms with Crippen molar-refractivity contribution in [2.75, 3.05) is 16.0 Å². The number of carbonyl (C=O) groups excluding carboxylic acids is 1. The smallest absolute Gasteiger partial charge is 0.237 e. The van der Waals surface area contributed by atoms with Crippen LogP contribution >= 0.6 is 24.0 Å². The number of hydrogen-bond acceptors (Lipinski definition) is 3. The highest BCUT2D eigenvalue weighted by Gasteiger charge is 2.18. The third kappa shape index (κ3) is 7.11. The second-order valence-electron chi connectivity index (χ2n) is 7.85. The van der Waals surface area contributed by atoms with Gasteiger partial charge in [-0.05, 0) is 93.0 Å². The van der Waals surface area contributed by atoms with Crippen LogP contribution in [0.5, 0.6) is 0 Å². The summed E-state index contributed by atoms with van der Waals surface area (Å²) < 4.78 is 0. The van der Waals surface area contributed by atoms with Crippen molar-refractivity contribution in [3.63, 3.8) is 0 Å². The zero-order valence-electron chi connectivity index (χ0n) is 18.9. The van der Waals surface area contributed by atoms with Crippen LogP contribution in [0.3, 0.4) is 0 Å². The van der Waals surface area contributed by atoms with Gasteiger partial charge in [0.05, 0.1) is 5.25 Å². The summed E-state index contributed by atoms with van der Waals surface area (Å²) in [6, 6.07) is 22.1. The molecule has 0 radical (unpaired) electrons. The van der Waals surface area contributed by atoms with Gasteiger partial charge in [-0.25, -0.2) is 0 Å². The fraction of sp³-hybridized carbons (Fsp3) is 0.231. The van der Waals surface area contributed by atoms with Crippen LogP contribution in [0.1, 0.15) is 30.0 Å². The maximum Gasteiger partial charge on any atom is 0.237 e. The van der Waals surface area contributed by atoms with Gasteiger partial charge in [0.1, 0.15) is 0 Å². The van der Waals surface area contributed by atoms with Gasteiger partial charge >= 0.3 is 0 Å². The van der Waals surface area contributed by atoms with E-state index in [0.717, 1.165) is 39.5 Å². The predicted molar refractivity (Wildman–Crippen MR) is 142 cm³/mol. The quantitative estimate of drug-likeness (QED) is 0.262. The summed E-state index contributed by atoms with van der Waals surface area (Å²) in [6.07, 6.45) is 0.729. The van der Waals surface area contributed by atoms with E-state index < -0.39 is 0 Å². The molecule has 0 aromatic heterocycles. The summed E-state index contributed by atoms with van der Waals surface area (Å²) >= 11 is 7.00. The summed E-state index contributed by atoms with van der Waals surface area (Å²) in [4.78, 5) is 13.9. The van der Waals surface area contributed by atoms with Crippen molar-refractivity contribution in [3.05, 3.63) is 83.4 Å². The Morgan fingerprint density at radius 3 is 2.12 bits per heavy atom. The lowest BCUT2D eigenvalue weighted by atomic mass is 10.1. The normalized spacial score (nSPS) is 11.5. The van der Waals surface area contributed by atoms with Gasteiger partial charge in [0.25, 0.3) is 0 Å². The molecule has 4 nitrogen and oxygen atoms in total. The number of hydrogen-bond donors (Lipinski definition) is 3. The standard InChI is InChI=1S/C26H29N3OS2/c1-5-24(25(30)27-22-14-18(3)13-19(4)15-22)32-23-8-6-7-21(16-23)29-26(31)28-20-11-9-17(2)10-12-20/h6-16,24H,5H2,1-4H3,(H,27,30)(H2,28,29,31). The van der Waals surface area contributed by atoms with E-state index in [0.29, 0.717) is 5.11 Å². The van der Waals surface area contributed by atoms with Crippen LogP contribution in [-0.2, 0) is 4.79 Å². The maximum atomic E-state index is 12.9. The van der Waals surface area contributed by atoms with Crippen LogP contribution in [0, 0.1) is 20.8 Å². The molecule has 0 aliphatic carbocycles. The summed E-state index contributed by atoms with van der Waals surface area (Å²) in [6.45, 7) is 8.15. The van der Waals surface area contributed by atoms with Gasteiger partial charge in [0.15, 0.2) is 5.11 Å². The first-order chi connectivity index (χ1) is 15.3. The van der Waals surface area contributed by atoms with Crippen molar-refractivity contribution in [3.8, 4) is 0 Å². The van der Waals surface area contributed by atoms with Gasteiger partial charge in [0.2, 0.25) is 5.91 Å². The molecule has 0 saturated heterocycles. The van der Waals surface area contributed by atoms with Crippen molar-refractivity contribution in [1.29, 1.82) is 0 Å². The molecule has 3 rings (SSSR count). The van der Waals surface area contributed by atoms with Crippen molar-refractivity contribution >= 4 is 52.1 Å². The number of carbonyl (C=O) groups is 1. The Bertz CT molecular complexity index is 1080. The van der Waals surface area contributed by atoms with Gasteiger partial charge in [-0.15, -0.1) is 11.8 Å². The average molecular weight is 464 g/mol. The number of thioether (sulfide) groups is 1. The van der Waals surface area contributed by atoms with Gasteiger partial charge in [-0.2, -0.15) is 0 Å². The zero-order chi connectivity index (χ0) is 23.1. The molecular weight excluding hydrogens is 434 g/mol. The van der Waals surface area contributed by atoms with Crippen molar-refractivity contribution in [1.82, 2.24) is 0 Å². The number of aryl methyl sites for hydroxylation is 3. The minimum Gasteiger partial charge on any atom is -0.332 e. The molecule has 0 bridgehead atoms. The highest BCUT2D eigenvalue weighted by molar-refractivity contribution is 8.00. The fourth-order valence-corrected chi connectivity index (χ4v) is 4.58. The predicted octanol–water partition coefficient (Wildman–Crippen LogP) is 6.93.